The first-order chi connectivity index (χ1) is 22.4. The highest BCUT2D eigenvalue weighted by Crippen LogP contribution is 2.42. The number of aromatic hydroxyl groups is 1. The molecule has 9 nitrogen and oxygen atoms in total. The number of hydrogen-bond donors (Lipinski definition) is 1. The summed E-state index contributed by atoms with van der Waals surface area (Å²) in [6.45, 7) is 25.0. The number of esters is 1. The van der Waals surface area contributed by atoms with E-state index in [1.807, 2.05) is 68.6 Å². The summed E-state index contributed by atoms with van der Waals surface area (Å²) in [5.74, 6) is 0.426. The van der Waals surface area contributed by atoms with Crippen molar-refractivity contribution >= 4 is 23.1 Å². The fourth-order valence-electron chi connectivity index (χ4n) is 6.29. The van der Waals surface area contributed by atoms with Crippen molar-refractivity contribution < 1.29 is 19.4 Å². The van der Waals surface area contributed by atoms with E-state index in [0.29, 0.717) is 33.8 Å². The summed E-state index contributed by atoms with van der Waals surface area (Å²) in [6.07, 6.45) is 5.02. The molecule has 0 aliphatic carbocycles. The van der Waals surface area contributed by atoms with E-state index in [4.69, 9.17) is 26.1 Å². The van der Waals surface area contributed by atoms with Gasteiger partial charge in [0.25, 0.3) is 0 Å². The van der Waals surface area contributed by atoms with Gasteiger partial charge >= 0.3 is 5.97 Å². The van der Waals surface area contributed by atoms with Crippen LogP contribution in [0.25, 0.3) is 32.9 Å². The number of piperidine rings is 1. The molecule has 1 N–H and O–H groups in total. The van der Waals surface area contributed by atoms with Gasteiger partial charge in [0.15, 0.2) is 17.4 Å². The molecule has 246 valence electrons. The summed E-state index contributed by atoms with van der Waals surface area (Å²) < 4.78 is 13.8. The number of carbonyl (C=O) groups excluding carboxylic acids is 1. The van der Waals surface area contributed by atoms with Crippen LogP contribution in [0.5, 0.6) is 5.75 Å². The van der Waals surface area contributed by atoms with E-state index in [1.165, 1.54) is 0 Å². The van der Waals surface area contributed by atoms with Crippen molar-refractivity contribution in [2.24, 2.45) is 5.41 Å². The topological polar surface area (TPSA) is 93.5 Å². The molecule has 0 radical (unpaired) electrons. The van der Waals surface area contributed by atoms with Crippen molar-refractivity contribution in [1.82, 2.24) is 14.6 Å². The molecule has 1 aliphatic rings. The Bertz CT molecular complexity index is 1820. The molecule has 1 aliphatic heterocycles. The predicted molar refractivity (Wildman–Crippen MR) is 186 cm³/mol. The number of rotatable bonds is 10. The van der Waals surface area contributed by atoms with E-state index in [0.717, 1.165) is 55.7 Å². The van der Waals surface area contributed by atoms with Gasteiger partial charge < -0.3 is 19.5 Å². The maximum Gasteiger partial charge on any atom is 0.340 e. The van der Waals surface area contributed by atoms with Crippen LogP contribution in [0.3, 0.4) is 0 Å². The van der Waals surface area contributed by atoms with Crippen LogP contribution in [0.1, 0.15) is 77.7 Å². The minimum atomic E-state index is -0.996. The van der Waals surface area contributed by atoms with Crippen molar-refractivity contribution in [2.45, 2.75) is 78.9 Å². The second-order valence-electron chi connectivity index (χ2n) is 13.6. The van der Waals surface area contributed by atoms with Crippen molar-refractivity contribution in [3.8, 4) is 28.1 Å². The van der Waals surface area contributed by atoms with Crippen LogP contribution in [-0.4, -0.2) is 51.0 Å². The van der Waals surface area contributed by atoms with Gasteiger partial charge in [-0.25, -0.2) is 14.6 Å². The number of benzene rings is 2. The number of aromatic nitrogens is 3. The highest BCUT2D eigenvalue weighted by Gasteiger charge is 2.38. The zero-order chi connectivity index (χ0) is 33.9. The van der Waals surface area contributed by atoms with Crippen LogP contribution in [0.4, 0.5) is 11.5 Å². The molecule has 1 fully saturated rings. The Morgan fingerprint density at radius 2 is 1.89 bits per heavy atom. The number of phenolic OH excluding ortho intramolecular Hbond substituents is 1. The van der Waals surface area contributed by atoms with Crippen LogP contribution in [0.15, 0.2) is 61.2 Å². The SMILES string of the molecule is [C-]#[N+]c1ccc(O)c(-c2cccc(-c3cc4nc(C)c([C@H](OC(C)(C)C)C(=O)OCC)c(N5CCC(C)(CCC=C)CC5)n4n3)c2)c1. The molecule has 9 heteroatoms. The summed E-state index contributed by atoms with van der Waals surface area (Å²) in [5, 5.41) is 15.7. The van der Waals surface area contributed by atoms with Crippen molar-refractivity contribution in [2.75, 3.05) is 24.6 Å². The molecule has 0 amide bonds. The van der Waals surface area contributed by atoms with Crippen LogP contribution in [0, 0.1) is 18.9 Å². The third-order valence-corrected chi connectivity index (χ3v) is 8.84. The highest BCUT2D eigenvalue weighted by atomic mass is 16.6. The molecule has 2 aromatic heterocycles. The molecular formula is C38H45N5O4. The Balaban J connectivity index is 1.67. The molecule has 3 heterocycles. The number of nitrogens with zero attached hydrogens (tertiary/aromatic N) is 5. The number of allylic oxidation sites excluding steroid dienone is 1. The van der Waals surface area contributed by atoms with Gasteiger partial charge in [-0.2, -0.15) is 9.61 Å². The number of fused-ring (bicyclic) bond motifs is 1. The first kappa shape index (κ1) is 33.7. The fraction of sp³-hybridized carbons (Fsp3) is 0.421. The number of carbonyl (C=O) groups is 1. The first-order valence-corrected chi connectivity index (χ1v) is 16.3. The monoisotopic (exact) mass is 635 g/mol. The van der Waals surface area contributed by atoms with Gasteiger partial charge in [0.1, 0.15) is 11.6 Å². The molecule has 0 unspecified atom stereocenters. The maximum absolute atomic E-state index is 13.6. The third-order valence-electron chi connectivity index (χ3n) is 8.84. The van der Waals surface area contributed by atoms with Crippen LogP contribution in [0.2, 0.25) is 0 Å². The summed E-state index contributed by atoms with van der Waals surface area (Å²) >= 11 is 0. The predicted octanol–water partition coefficient (Wildman–Crippen LogP) is 8.62. The van der Waals surface area contributed by atoms with E-state index in [2.05, 4.69) is 23.2 Å². The van der Waals surface area contributed by atoms with E-state index in [-0.39, 0.29) is 17.8 Å². The zero-order valence-corrected chi connectivity index (χ0v) is 28.3. The normalized spacial score (nSPS) is 15.3. The Kier molecular flexibility index (Phi) is 9.73. The first-order valence-electron chi connectivity index (χ1n) is 16.3. The largest absolute Gasteiger partial charge is 0.507 e. The van der Waals surface area contributed by atoms with Crippen molar-refractivity contribution in [1.29, 1.82) is 0 Å². The van der Waals surface area contributed by atoms with Gasteiger partial charge in [-0.15, -0.1) is 6.58 Å². The molecule has 0 saturated carbocycles. The second kappa shape index (κ2) is 13.6. The Labute approximate surface area is 277 Å². The van der Waals surface area contributed by atoms with E-state index in [1.54, 1.807) is 25.1 Å². The number of anilines is 1. The van der Waals surface area contributed by atoms with Crippen LogP contribution in [-0.2, 0) is 14.3 Å². The number of ether oxygens (including phenoxy) is 2. The quantitative estimate of drug-likeness (QED) is 0.106. The van der Waals surface area contributed by atoms with Gasteiger partial charge in [0.05, 0.1) is 30.0 Å². The van der Waals surface area contributed by atoms with Crippen LogP contribution < -0.4 is 4.90 Å². The molecular weight excluding hydrogens is 590 g/mol. The minimum Gasteiger partial charge on any atom is -0.507 e. The van der Waals surface area contributed by atoms with Gasteiger partial charge in [-0.1, -0.05) is 37.3 Å². The smallest absolute Gasteiger partial charge is 0.340 e. The Hall–Kier alpha value is -4.68. The molecule has 1 atom stereocenters. The summed E-state index contributed by atoms with van der Waals surface area (Å²) in [5.41, 5.74) is 4.86. The molecule has 5 rings (SSSR count). The molecule has 4 aromatic rings. The van der Waals surface area contributed by atoms with Crippen molar-refractivity contribution in [3.63, 3.8) is 0 Å². The number of aryl methyl sites for hydroxylation is 1. The molecule has 1 saturated heterocycles. The minimum absolute atomic E-state index is 0.0998. The van der Waals surface area contributed by atoms with Gasteiger partial charge in [-0.3, -0.25) is 0 Å². The lowest BCUT2D eigenvalue weighted by molar-refractivity contribution is -0.166. The standard InChI is InChI=1S/C38H45N5O4/c1-9-11-17-38(7)18-20-42(21-19-38)35-33(34(36(45)46-10-2)47-37(4,5)6)25(3)40-32-24-30(41-43(32)35)27-14-12-13-26(22-27)29-23-28(39-8)15-16-31(29)44/h9,12-16,22-24,34,44H,1,10-11,17-21H2,2-7H3/t34-/m0/s1. The van der Waals surface area contributed by atoms with Gasteiger partial charge in [0.2, 0.25) is 0 Å². The third kappa shape index (κ3) is 7.34. The van der Waals surface area contributed by atoms with E-state index >= 15 is 0 Å². The lowest BCUT2D eigenvalue weighted by Gasteiger charge is -2.41. The fourth-order valence-corrected chi connectivity index (χ4v) is 6.29. The van der Waals surface area contributed by atoms with Crippen LogP contribution >= 0.6 is 0 Å². The zero-order valence-electron chi connectivity index (χ0n) is 28.3. The molecule has 0 bridgehead atoms. The van der Waals surface area contributed by atoms with Crippen molar-refractivity contribution in [3.05, 3.63) is 83.9 Å². The number of phenols is 1. The summed E-state index contributed by atoms with van der Waals surface area (Å²) in [6, 6.07) is 14.5. The van der Waals surface area contributed by atoms with E-state index in [9.17, 15) is 9.90 Å². The second-order valence-corrected chi connectivity index (χ2v) is 13.6. The van der Waals surface area contributed by atoms with E-state index < -0.39 is 17.7 Å². The molecule has 47 heavy (non-hydrogen) atoms. The highest BCUT2D eigenvalue weighted by molar-refractivity contribution is 5.81. The van der Waals surface area contributed by atoms with Gasteiger partial charge in [0, 0.05) is 36.0 Å². The average molecular weight is 636 g/mol. The summed E-state index contributed by atoms with van der Waals surface area (Å²) in [4.78, 5) is 24.4. The molecule has 0 spiro atoms. The lowest BCUT2D eigenvalue weighted by atomic mass is 9.76. The maximum atomic E-state index is 13.6. The average Bonchev–Trinajstić information content (AvgIpc) is 3.46. The Morgan fingerprint density at radius 3 is 2.55 bits per heavy atom. The Morgan fingerprint density at radius 1 is 1.17 bits per heavy atom. The summed E-state index contributed by atoms with van der Waals surface area (Å²) in [7, 11) is 0. The van der Waals surface area contributed by atoms with Gasteiger partial charge in [-0.05, 0) is 89.5 Å². The lowest BCUT2D eigenvalue weighted by Crippen LogP contribution is -2.41. The number of hydrogen-bond acceptors (Lipinski definition) is 7. The molecule has 2 aromatic carbocycles.